The number of aromatic hydroxyl groups is 2. The molecular weight excluding hydrogens is 510 g/mol. The van der Waals surface area contributed by atoms with Crippen molar-refractivity contribution >= 4 is 74.3 Å². The highest BCUT2D eigenvalue weighted by Gasteiger charge is 2.21. The molecule has 2 aromatic rings. The van der Waals surface area contributed by atoms with Crippen molar-refractivity contribution in [2.24, 2.45) is 0 Å². The van der Waals surface area contributed by atoms with Crippen LogP contribution >= 0.6 is 62.3 Å². The van der Waals surface area contributed by atoms with Crippen LogP contribution in [0.4, 0.5) is 0 Å². The van der Waals surface area contributed by atoms with E-state index in [4.69, 9.17) is 46.4 Å². The fourth-order valence-corrected chi connectivity index (χ4v) is 3.08. The lowest BCUT2D eigenvalue weighted by Crippen LogP contribution is -2.03. The molecule has 0 aliphatic carbocycles. The van der Waals surface area contributed by atoms with Crippen LogP contribution < -0.4 is 0 Å². The Morgan fingerprint density at radius 1 is 0.852 bits per heavy atom. The summed E-state index contributed by atoms with van der Waals surface area (Å²) in [5.74, 6) is -2.20. The predicted molar refractivity (Wildman–Crippen MR) is 107 cm³/mol. The Labute approximate surface area is 182 Å². The van der Waals surface area contributed by atoms with E-state index in [0.29, 0.717) is 4.47 Å². The average Bonchev–Trinajstić information content (AvgIpc) is 2.63. The first-order valence-electron chi connectivity index (χ1n) is 6.76. The molecule has 2 N–H and O–H groups in total. The zero-order valence-electron chi connectivity index (χ0n) is 13.6. The molecule has 27 heavy (non-hydrogen) atoms. The van der Waals surface area contributed by atoms with Gasteiger partial charge in [-0.3, -0.25) is 0 Å². The van der Waals surface area contributed by atoms with Gasteiger partial charge in [0.15, 0.2) is 0 Å². The summed E-state index contributed by atoms with van der Waals surface area (Å²) in [6.45, 7) is 0. The number of hydrogen-bond acceptors (Lipinski definition) is 6. The summed E-state index contributed by atoms with van der Waals surface area (Å²) < 4.78 is 9.27. The first kappa shape index (κ1) is 23.7. The number of esters is 2. The maximum atomic E-state index is 11.2. The molecule has 2 rings (SSSR count). The molecule has 0 saturated carbocycles. The van der Waals surface area contributed by atoms with Crippen LogP contribution in [0.1, 0.15) is 20.7 Å². The summed E-state index contributed by atoms with van der Waals surface area (Å²) in [5.41, 5.74) is -0.259. The van der Waals surface area contributed by atoms with Gasteiger partial charge in [-0.25, -0.2) is 9.59 Å². The summed E-state index contributed by atoms with van der Waals surface area (Å²) in [7, 11) is 2.38. The first-order valence-corrected chi connectivity index (χ1v) is 9.07. The lowest BCUT2D eigenvalue weighted by atomic mass is 10.2. The minimum Gasteiger partial charge on any atom is -0.505 e. The van der Waals surface area contributed by atoms with Gasteiger partial charge in [-0.05, 0) is 34.1 Å². The fourth-order valence-electron chi connectivity index (χ4n) is 1.71. The van der Waals surface area contributed by atoms with Crippen molar-refractivity contribution in [3.8, 4) is 11.5 Å². The molecule has 0 bridgehead atoms. The predicted octanol–water partition coefficient (Wildman–Crippen LogP) is 5.73. The number of rotatable bonds is 2. The molecule has 0 aliphatic heterocycles. The van der Waals surface area contributed by atoms with E-state index in [1.165, 1.54) is 32.4 Å². The number of phenols is 2. The maximum Gasteiger partial charge on any atom is 0.343 e. The van der Waals surface area contributed by atoms with Crippen LogP contribution in [0.25, 0.3) is 0 Å². The van der Waals surface area contributed by atoms with Crippen LogP contribution in [0, 0.1) is 0 Å². The first-order chi connectivity index (χ1) is 12.6. The molecule has 0 spiro atoms. The Hall–Kier alpha value is -1.38. The van der Waals surface area contributed by atoms with E-state index in [1.807, 2.05) is 0 Å². The lowest BCUT2D eigenvalue weighted by molar-refractivity contribution is 0.0588. The molecule has 0 aromatic heterocycles. The van der Waals surface area contributed by atoms with E-state index in [1.54, 1.807) is 0 Å². The van der Waals surface area contributed by atoms with Crippen molar-refractivity contribution in [2.75, 3.05) is 14.2 Å². The molecule has 0 fully saturated rings. The number of carbonyl (C=O) groups is 2. The molecule has 0 atom stereocenters. The van der Waals surface area contributed by atoms with Gasteiger partial charge in [0.25, 0.3) is 0 Å². The van der Waals surface area contributed by atoms with Crippen molar-refractivity contribution in [3.05, 3.63) is 53.9 Å². The van der Waals surface area contributed by atoms with Crippen molar-refractivity contribution in [2.45, 2.75) is 0 Å². The Morgan fingerprint density at radius 3 is 1.81 bits per heavy atom. The Balaban J connectivity index is 0.000000271. The monoisotopic (exact) mass is 518 g/mol. The van der Waals surface area contributed by atoms with Gasteiger partial charge in [0.1, 0.15) is 22.6 Å². The van der Waals surface area contributed by atoms with Crippen molar-refractivity contribution in [1.29, 1.82) is 0 Å². The number of hydrogen-bond donors (Lipinski definition) is 2. The molecule has 2 aromatic carbocycles. The third-order valence-corrected chi connectivity index (χ3v) is 5.16. The number of phenolic OH excluding ortho intramolecular Hbond substituents is 2. The normalized spacial score (nSPS) is 9.89. The van der Waals surface area contributed by atoms with Gasteiger partial charge in [0.2, 0.25) is 0 Å². The summed E-state index contributed by atoms with van der Waals surface area (Å²) in [6.07, 6.45) is 0. The van der Waals surface area contributed by atoms with Gasteiger partial charge >= 0.3 is 11.9 Å². The lowest BCUT2D eigenvalue weighted by Gasteiger charge is -2.07. The highest BCUT2D eigenvalue weighted by Crippen LogP contribution is 2.38. The van der Waals surface area contributed by atoms with E-state index in [0.717, 1.165) is 0 Å². The van der Waals surface area contributed by atoms with Crippen molar-refractivity contribution < 1.29 is 29.3 Å². The Kier molecular flexibility index (Phi) is 8.98. The highest BCUT2D eigenvalue weighted by molar-refractivity contribution is 9.10. The molecule has 0 amide bonds. The summed E-state index contributed by atoms with van der Waals surface area (Å²) >= 11 is 25.7. The minimum atomic E-state index is -0.740. The number of ether oxygens (including phenoxy) is 2. The standard InChI is InChI=1S/C8H5BrCl2O3.C8H6Cl2O3/c1-14-8(13)5-6(11)3(9)2-4(10)7(5)12;1-13-8(12)6-4(9)2-3-5(10)7(6)11/h2,12H,1H3;2-3,11H,1H3. The van der Waals surface area contributed by atoms with Crippen molar-refractivity contribution in [1.82, 2.24) is 0 Å². The second-order valence-electron chi connectivity index (χ2n) is 4.61. The average molecular weight is 521 g/mol. The molecule has 0 radical (unpaired) electrons. The zero-order chi connectivity index (χ0) is 20.9. The molecule has 0 saturated heterocycles. The number of halogens is 5. The Morgan fingerprint density at radius 2 is 1.30 bits per heavy atom. The summed E-state index contributed by atoms with van der Waals surface area (Å²) in [5, 5.41) is 19.1. The van der Waals surface area contributed by atoms with E-state index < -0.39 is 11.9 Å². The molecular formula is C16H11BrCl4O6. The minimum absolute atomic E-state index is 0.0293. The highest BCUT2D eigenvalue weighted by atomic mass is 79.9. The van der Waals surface area contributed by atoms with Gasteiger partial charge in [0, 0.05) is 4.47 Å². The van der Waals surface area contributed by atoms with Gasteiger partial charge in [0.05, 0.1) is 34.3 Å². The third-order valence-electron chi connectivity index (χ3n) is 3.00. The SMILES string of the molecule is COC(=O)c1c(Cl)ccc(Cl)c1O.COC(=O)c1c(O)c(Cl)cc(Br)c1Cl. The number of benzene rings is 2. The van der Waals surface area contributed by atoms with Crippen LogP contribution in [0.2, 0.25) is 20.1 Å². The van der Waals surface area contributed by atoms with E-state index in [9.17, 15) is 19.8 Å². The molecule has 6 nitrogen and oxygen atoms in total. The van der Waals surface area contributed by atoms with Gasteiger partial charge in [-0.1, -0.05) is 46.4 Å². The largest absolute Gasteiger partial charge is 0.505 e. The smallest absolute Gasteiger partial charge is 0.343 e. The number of methoxy groups -OCH3 is 2. The topological polar surface area (TPSA) is 93.1 Å². The van der Waals surface area contributed by atoms with Crippen LogP contribution in [0.3, 0.4) is 0 Å². The van der Waals surface area contributed by atoms with Crippen LogP contribution in [0.15, 0.2) is 22.7 Å². The molecule has 0 unspecified atom stereocenters. The Bertz CT molecular complexity index is 862. The quantitative estimate of drug-likeness (QED) is 0.388. The fraction of sp³-hybridized carbons (Fsp3) is 0.125. The van der Waals surface area contributed by atoms with Crippen LogP contribution in [0.5, 0.6) is 11.5 Å². The summed E-state index contributed by atoms with van der Waals surface area (Å²) in [6, 6.07) is 4.20. The maximum absolute atomic E-state index is 11.2. The molecule has 0 aliphatic rings. The van der Waals surface area contributed by atoms with Crippen LogP contribution in [-0.4, -0.2) is 36.4 Å². The van der Waals surface area contributed by atoms with E-state index in [2.05, 4.69) is 25.4 Å². The van der Waals surface area contributed by atoms with Gasteiger partial charge < -0.3 is 19.7 Å². The van der Waals surface area contributed by atoms with Crippen LogP contribution in [-0.2, 0) is 9.47 Å². The van der Waals surface area contributed by atoms with Crippen molar-refractivity contribution in [3.63, 3.8) is 0 Å². The second-order valence-corrected chi connectivity index (χ2v) is 7.07. The number of carbonyl (C=O) groups excluding carboxylic acids is 2. The summed E-state index contributed by atoms with van der Waals surface area (Å²) in [4.78, 5) is 22.3. The molecule has 11 heteroatoms. The molecule has 146 valence electrons. The third kappa shape index (κ3) is 5.56. The van der Waals surface area contributed by atoms with Gasteiger partial charge in [-0.15, -0.1) is 0 Å². The molecule has 0 heterocycles. The van der Waals surface area contributed by atoms with E-state index in [-0.39, 0.29) is 42.7 Å². The second kappa shape index (κ2) is 10.2. The zero-order valence-corrected chi connectivity index (χ0v) is 18.3. The van der Waals surface area contributed by atoms with E-state index >= 15 is 0 Å². The van der Waals surface area contributed by atoms with Gasteiger partial charge in [-0.2, -0.15) is 0 Å².